The first-order valence-electron chi connectivity index (χ1n) is 7.84. The summed E-state index contributed by atoms with van der Waals surface area (Å²) in [4.78, 5) is 37.8. The van der Waals surface area contributed by atoms with Crippen molar-refractivity contribution in [3.05, 3.63) is 52.9 Å². The zero-order valence-electron chi connectivity index (χ0n) is 14.8. The molecular formula is C17H22N6O2. The normalized spacial score (nSPS) is 10.2. The molecule has 132 valence electrons. The van der Waals surface area contributed by atoms with Gasteiger partial charge < -0.3 is 15.5 Å². The molecule has 0 aromatic carbocycles. The number of nitrogens with one attached hydrogen (secondary N) is 2. The molecular weight excluding hydrogens is 320 g/mol. The Balaban J connectivity index is 2.00. The Hall–Kier alpha value is -3.03. The lowest BCUT2D eigenvalue weighted by molar-refractivity contribution is 0.0950. The molecule has 0 saturated carbocycles. The third kappa shape index (κ3) is 4.97. The lowest BCUT2D eigenvalue weighted by Crippen LogP contribution is -2.34. The molecule has 25 heavy (non-hydrogen) atoms. The van der Waals surface area contributed by atoms with Crippen LogP contribution in [0.25, 0.3) is 0 Å². The number of pyridine rings is 1. The Kier molecular flexibility index (Phi) is 5.99. The smallest absolute Gasteiger partial charge is 0.317 e. The second kappa shape index (κ2) is 8.18. The summed E-state index contributed by atoms with van der Waals surface area (Å²) in [5, 5.41) is 5.58. The van der Waals surface area contributed by atoms with Crippen LogP contribution in [0.1, 0.15) is 33.0 Å². The average Bonchev–Trinajstić information content (AvgIpc) is 2.59. The van der Waals surface area contributed by atoms with Gasteiger partial charge in [-0.05, 0) is 26.0 Å². The number of rotatable bonds is 5. The Morgan fingerprint density at radius 2 is 1.72 bits per heavy atom. The lowest BCUT2D eigenvalue weighted by atomic mass is 10.1. The van der Waals surface area contributed by atoms with E-state index in [4.69, 9.17) is 0 Å². The van der Waals surface area contributed by atoms with Gasteiger partial charge in [-0.3, -0.25) is 9.78 Å². The molecule has 2 rings (SSSR count). The minimum absolute atomic E-state index is 0.216. The molecule has 0 aliphatic rings. The van der Waals surface area contributed by atoms with Crippen molar-refractivity contribution in [2.45, 2.75) is 26.9 Å². The van der Waals surface area contributed by atoms with E-state index in [1.54, 1.807) is 32.4 Å². The predicted octanol–water partition coefficient (Wildman–Crippen LogP) is 1.19. The summed E-state index contributed by atoms with van der Waals surface area (Å²) in [6, 6.07) is 3.08. The summed E-state index contributed by atoms with van der Waals surface area (Å²) < 4.78 is 0. The van der Waals surface area contributed by atoms with Crippen molar-refractivity contribution in [1.82, 2.24) is 30.5 Å². The number of amides is 3. The van der Waals surface area contributed by atoms with Crippen molar-refractivity contribution >= 4 is 11.9 Å². The van der Waals surface area contributed by atoms with E-state index >= 15 is 0 Å². The highest BCUT2D eigenvalue weighted by molar-refractivity contribution is 5.94. The lowest BCUT2D eigenvalue weighted by Gasteiger charge is -2.12. The van der Waals surface area contributed by atoms with Crippen LogP contribution in [-0.2, 0) is 13.1 Å². The summed E-state index contributed by atoms with van der Waals surface area (Å²) in [5.74, 6) is -0.217. The summed E-state index contributed by atoms with van der Waals surface area (Å²) in [6.45, 7) is 4.37. The minimum Gasteiger partial charge on any atom is -0.348 e. The van der Waals surface area contributed by atoms with Crippen molar-refractivity contribution in [3.8, 4) is 0 Å². The zero-order chi connectivity index (χ0) is 18.4. The molecule has 0 aliphatic carbocycles. The van der Waals surface area contributed by atoms with Crippen LogP contribution in [0, 0.1) is 13.8 Å². The summed E-state index contributed by atoms with van der Waals surface area (Å²) in [6.07, 6.45) is 3.06. The van der Waals surface area contributed by atoms with Gasteiger partial charge in [0.05, 0.1) is 12.2 Å². The van der Waals surface area contributed by atoms with Crippen molar-refractivity contribution in [3.63, 3.8) is 0 Å². The molecule has 2 N–H and O–H groups in total. The third-order valence-electron chi connectivity index (χ3n) is 3.71. The maximum Gasteiger partial charge on any atom is 0.317 e. The van der Waals surface area contributed by atoms with E-state index in [-0.39, 0.29) is 18.5 Å². The fourth-order valence-electron chi connectivity index (χ4n) is 2.19. The number of nitrogens with zero attached hydrogens (tertiary/aromatic N) is 4. The molecule has 2 aromatic heterocycles. The number of aromatic nitrogens is 3. The van der Waals surface area contributed by atoms with Gasteiger partial charge in [-0.25, -0.2) is 14.8 Å². The van der Waals surface area contributed by atoms with Gasteiger partial charge in [0.2, 0.25) is 0 Å². The molecule has 0 unspecified atom stereocenters. The van der Waals surface area contributed by atoms with E-state index in [9.17, 15) is 9.59 Å². The quantitative estimate of drug-likeness (QED) is 0.850. The maximum absolute atomic E-state index is 12.4. The number of carbonyl (C=O) groups excluding carboxylic acids is 2. The number of hydrogen-bond acceptors (Lipinski definition) is 5. The summed E-state index contributed by atoms with van der Waals surface area (Å²) in [5.41, 5.74) is 3.68. The first kappa shape index (κ1) is 18.3. The van der Waals surface area contributed by atoms with Gasteiger partial charge in [0.25, 0.3) is 5.91 Å². The molecule has 8 nitrogen and oxygen atoms in total. The summed E-state index contributed by atoms with van der Waals surface area (Å²) >= 11 is 0. The van der Waals surface area contributed by atoms with Gasteiger partial charge in [0, 0.05) is 49.4 Å². The number of aryl methyl sites for hydroxylation is 2. The second-order valence-corrected chi connectivity index (χ2v) is 5.79. The highest BCUT2D eigenvalue weighted by Crippen LogP contribution is 2.08. The van der Waals surface area contributed by atoms with Crippen molar-refractivity contribution in [1.29, 1.82) is 0 Å². The van der Waals surface area contributed by atoms with E-state index in [0.717, 1.165) is 17.0 Å². The van der Waals surface area contributed by atoms with Crippen LogP contribution in [-0.4, -0.2) is 45.9 Å². The molecule has 0 spiro atoms. The van der Waals surface area contributed by atoms with Gasteiger partial charge in [-0.15, -0.1) is 0 Å². The van der Waals surface area contributed by atoms with Crippen molar-refractivity contribution in [2.75, 3.05) is 14.1 Å². The molecule has 0 bridgehead atoms. The fraction of sp³-hybridized carbons (Fsp3) is 0.353. The first-order valence-corrected chi connectivity index (χ1v) is 7.84. The van der Waals surface area contributed by atoms with E-state index in [2.05, 4.69) is 25.6 Å². The fourth-order valence-corrected chi connectivity index (χ4v) is 2.19. The van der Waals surface area contributed by atoms with Crippen LogP contribution in [0.15, 0.2) is 24.7 Å². The Morgan fingerprint density at radius 1 is 1.04 bits per heavy atom. The Morgan fingerprint density at radius 3 is 2.36 bits per heavy atom. The predicted molar refractivity (Wildman–Crippen MR) is 92.8 cm³/mol. The highest BCUT2D eigenvalue weighted by Gasteiger charge is 2.10. The number of urea groups is 1. The molecule has 8 heteroatoms. The molecule has 2 aromatic rings. The van der Waals surface area contributed by atoms with E-state index in [1.807, 2.05) is 13.8 Å². The molecule has 0 saturated heterocycles. The van der Waals surface area contributed by atoms with Crippen LogP contribution >= 0.6 is 0 Å². The van der Waals surface area contributed by atoms with Gasteiger partial charge >= 0.3 is 6.03 Å². The van der Waals surface area contributed by atoms with Crippen LogP contribution in [0.3, 0.4) is 0 Å². The minimum atomic E-state index is -0.217. The molecule has 3 amide bonds. The standard InChI is InChI=1S/C17H22N6O2/c1-11-15(12(2)22-10-21-11)9-19-16(24)13-5-6-18-14(7-13)8-20-17(25)23(3)4/h5-7,10H,8-9H2,1-4H3,(H,19,24)(H,20,25). The van der Waals surface area contributed by atoms with Crippen molar-refractivity contribution < 1.29 is 9.59 Å². The number of carbonyl (C=O) groups is 2. The van der Waals surface area contributed by atoms with Crippen LogP contribution in [0.2, 0.25) is 0 Å². The van der Waals surface area contributed by atoms with Crippen LogP contribution < -0.4 is 10.6 Å². The highest BCUT2D eigenvalue weighted by atomic mass is 16.2. The van der Waals surface area contributed by atoms with Gasteiger partial charge in [-0.2, -0.15) is 0 Å². The molecule has 0 atom stereocenters. The third-order valence-corrected chi connectivity index (χ3v) is 3.71. The van der Waals surface area contributed by atoms with E-state index < -0.39 is 0 Å². The second-order valence-electron chi connectivity index (χ2n) is 5.79. The maximum atomic E-state index is 12.4. The van der Waals surface area contributed by atoms with Gasteiger partial charge in [0.15, 0.2) is 0 Å². The topological polar surface area (TPSA) is 100 Å². The molecule has 2 heterocycles. The number of hydrogen-bond donors (Lipinski definition) is 2. The SMILES string of the molecule is Cc1ncnc(C)c1CNC(=O)c1ccnc(CNC(=O)N(C)C)c1. The van der Waals surface area contributed by atoms with Crippen LogP contribution in [0.4, 0.5) is 4.79 Å². The molecule has 0 aliphatic heterocycles. The van der Waals surface area contributed by atoms with Gasteiger partial charge in [-0.1, -0.05) is 0 Å². The largest absolute Gasteiger partial charge is 0.348 e. The van der Waals surface area contributed by atoms with Gasteiger partial charge in [0.1, 0.15) is 6.33 Å². The Labute approximate surface area is 146 Å². The van der Waals surface area contributed by atoms with E-state index in [0.29, 0.717) is 17.8 Å². The Bertz CT molecular complexity index is 755. The zero-order valence-corrected chi connectivity index (χ0v) is 14.8. The van der Waals surface area contributed by atoms with Crippen LogP contribution in [0.5, 0.6) is 0 Å². The molecule has 0 radical (unpaired) electrons. The average molecular weight is 342 g/mol. The first-order chi connectivity index (χ1) is 11.9. The van der Waals surface area contributed by atoms with Crippen molar-refractivity contribution in [2.24, 2.45) is 0 Å². The van der Waals surface area contributed by atoms with E-state index in [1.165, 1.54) is 11.2 Å². The molecule has 0 fully saturated rings. The monoisotopic (exact) mass is 342 g/mol. The summed E-state index contributed by atoms with van der Waals surface area (Å²) in [7, 11) is 3.31.